The van der Waals surface area contributed by atoms with Crippen molar-refractivity contribution < 1.29 is 37.4 Å². The molecule has 10 heteroatoms. The molecule has 0 saturated heterocycles. The van der Waals surface area contributed by atoms with Crippen molar-refractivity contribution in [3.8, 4) is 11.1 Å². The third-order valence-electron chi connectivity index (χ3n) is 6.00. The van der Waals surface area contributed by atoms with Gasteiger partial charge in [0, 0.05) is 32.5 Å². The number of carbonyl (C=O) groups excluding carboxylic acids is 2. The van der Waals surface area contributed by atoms with Gasteiger partial charge >= 0.3 is 18.2 Å². The summed E-state index contributed by atoms with van der Waals surface area (Å²) in [5.41, 5.74) is 3.97. The second-order valence-electron chi connectivity index (χ2n) is 8.41. The van der Waals surface area contributed by atoms with Gasteiger partial charge in [0.15, 0.2) is 5.92 Å². The molecular weight excluding hydrogens is 465 g/mol. The average molecular weight is 492 g/mol. The lowest BCUT2D eigenvalue weighted by Gasteiger charge is -2.25. The van der Waals surface area contributed by atoms with Crippen molar-refractivity contribution in [2.45, 2.75) is 31.4 Å². The quantitative estimate of drug-likeness (QED) is 0.479. The van der Waals surface area contributed by atoms with Gasteiger partial charge in [-0.05, 0) is 35.1 Å². The number of unbranched alkanes of at least 4 members (excludes halogenated alkanes) is 1. The highest BCUT2D eigenvalue weighted by Crippen LogP contribution is 2.44. The maximum Gasteiger partial charge on any atom is 0.407 e. The summed E-state index contributed by atoms with van der Waals surface area (Å²) in [6.07, 6.45) is -5.56. The first-order valence-corrected chi connectivity index (χ1v) is 11.2. The van der Waals surface area contributed by atoms with E-state index in [-0.39, 0.29) is 38.3 Å². The Kier molecular flexibility index (Phi) is 8.37. The van der Waals surface area contributed by atoms with Crippen LogP contribution >= 0.6 is 0 Å². The molecule has 2 aromatic carbocycles. The van der Waals surface area contributed by atoms with Crippen LogP contribution in [0.2, 0.25) is 0 Å². The van der Waals surface area contributed by atoms with Gasteiger partial charge in [-0.25, -0.2) is 4.79 Å². The van der Waals surface area contributed by atoms with Crippen molar-refractivity contribution in [2.24, 2.45) is 5.92 Å². The molecule has 2 aromatic rings. The van der Waals surface area contributed by atoms with E-state index in [0.717, 1.165) is 27.2 Å². The number of hydrogen-bond donors (Lipinski definition) is 2. The van der Waals surface area contributed by atoms with E-state index in [0.29, 0.717) is 0 Å². The van der Waals surface area contributed by atoms with Gasteiger partial charge in [-0.15, -0.1) is 0 Å². The molecule has 7 nitrogen and oxygen atoms in total. The van der Waals surface area contributed by atoms with E-state index in [1.54, 1.807) is 0 Å². The summed E-state index contributed by atoms with van der Waals surface area (Å²) in [7, 11) is 1.22. The summed E-state index contributed by atoms with van der Waals surface area (Å²) in [6, 6.07) is 15.3. The number of nitrogens with one attached hydrogen (secondary N) is 1. The number of hydrogen-bond acceptors (Lipinski definition) is 4. The molecule has 2 N–H and O–H groups in total. The number of benzene rings is 2. The zero-order chi connectivity index (χ0) is 25.6. The Hall–Kier alpha value is -3.56. The molecular formula is C25H27F3N2O5. The van der Waals surface area contributed by atoms with Gasteiger partial charge in [-0.1, -0.05) is 48.5 Å². The van der Waals surface area contributed by atoms with E-state index < -0.39 is 36.6 Å². The van der Waals surface area contributed by atoms with Crippen molar-refractivity contribution in [1.82, 2.24) is 10.2 Å². The highest BCUT2D eigenvalue weighted by molar-refractivity contribution is 5.81. The number of carbonyl (C=O) groups is 3. The summed E-state index contributed by atoms with van der Waals surface area (Å²) in [4.78, 5) is 36.1. The Bertz CT molecular complexity index is 1030. The molecule has 0 heterocycles. The molecule has 0 fully saturated rings. The number of carboxylic acid groups (broad SMARTS) is 1. The van der Waals surface area contributed by atoms with Crippen LogP contribution in [0, 0.1) is 5.92 Å². The highest BCUT2D eigenvalue weighted by Gasteiger charge is 2.46. The monoisotopic (exact) mass is 492 g/mol. The maximum atomic E-state index is 13.5. The zero-order valence-corrected chi connectivity index (χ0v) is 19.2. The fourth-order valence-electron chi connectivity index (χ4n) is 4.18. The molecule has 1 unspecified atom stereocenters. The number of carboxylic acids is 1. The van der Waals surface area contributed by atoms with Crippen LogP contribution in [0.15, 0.2) is 48.5 Å². The van der Waals surface area contributed by atoms with Crippen molar-refractivity contribution in [2.75, 3.05) is 26.7 Å². The molecule has 188 valence electrons. The Morgan fingerprint density at radius 2 is 1.60 bits per heavy atom. The van der Waals surface area contributed by atoms with Crippen LogP contribution in [-0.4, -0.2) is 60.9 Å². The van der Waals surface area contributed by atoms with Gasteiger partial charge in [-0.2, -0.15) is 13.2 Å². The van der Waals surface area contributed by atoms with E-state index in [9.17, 15) is 27.6 Å². The minimum atomic E-state index is -4.87. The molecule has 0 radical (unpaired) electrons. The van der Waals surface area contributed by atoms with Crippen LogP contribution < -0.4 is 5.32 Å². The molecule has 35 heavy (non-hydrogen) atoms. The smallest absolute Gasteiger partial charge is 0.407 e. The largest absolute Gasteiger partial charge is 0.481 e. The first-order chi connectivity index (χ1) is 16.6. The van der Waals surface area contributed by atoms with E-state index in [4.69, 9.17) is 9.84 Å². The van der Waals surface area contributed by atoms with E-state index in [1.165, 1.54) is 7.05 Å². The van der Waals surface area contributed by atoms with Crippen molar-refractivity contribution >= 4 is 18.0 Å². The topological polar surface area (TPSA) is 95.9 Å². The first kappa shape index (κ1) is 26.1. The summed E-state index contributed by atoms with van der Waals surface area (Å²) in [6.45, 7) is -1.05. The number of fused-ring (bicyclic) bond motifs is 3. The third kappa shape index (κ3) is 6.52. The minimum Gasteiger partial charge on any atom is -0.481 e. The van der Waals surface area contributed by atoms with Crippen LogP contribution in [0.25, 0.3) is 11.1 Å². The van der Waals surface area contributed by atoms with Gasteiger partial charge < -0.3 is 20.1 Å². The molecule has 0 aromatic heterocycles. The number of halogens is 3. The van der Waals surface area contributed by atoms with E-state index >= 15 is 0 Å². The average Bonchev–Trinajstić information content (AvgIpc) is 3.13. The van der Waals surface area contributed by atoms with Crippen molar-refractivity contribution in [1.29, 1.82) is 0 Å². The van der Waals surface area contributed by atoms with Crippen LogP contribution in [0.1, 0.15) is 36.3 Å². The Balaban J connectivity index is 1.56. The molecule has 3 rings (SSSR count). The molecule has 0 saturated carbocycles. The number of rotatable bonds is 10. The lowest BCUT2D eigenvalue weighted by Crippen LogP contribution is -2.47. The van der Waals surface area contributed by atoms with Crippen LogP contribution in [-0.2, 0) is 14.3 Å². The third-order valence-corrected chi connectivity index (χ3v) is 6.00. The zero-order valence-electron chi connectivity index (χ0n) is 19.2. The number of nitrogens with zero attached hydrogens (tertiary/aromatic N) is 1. The van der Waals surface area contributed by atoms with Gasteiger partial charge in [0.2, 0.25) is 5.91 Å². The second-order valence-corrected chi connectivity index (χ2v) is 8.41. The molecule has 0 spiro atoms. The number of ether oxygens (including phenoxy) is 1. The Morgan fingerprint density at radius 3 is 2.14 bits per heavy atom. The van der Waals surface area contributed by atoms with Crippen LogP contribution in [0.4, 0.5) is 18.0 Å². The minimum absolute atomic E-state index is 0.0242. The molecule has 0 aliphatic heterocycles. The second kappa shape index (κ2) is 11.2. The fourth-order valence-corrected chi connectivity index (χ4v) is 4.18. The van der Waals surface area contributed by atoms with Crippen LogP contribution in [0.5, 0.6) is 0 Å². The predicted molar refractivity (Wildman–Crippen MR) is 122 cm³/mol. The summed E-state index contributed by atoms with van der Waals surface area (Å²) in [5, 5.41) is 10.7. The van der Waals surface area contributed by atoms with Crippen molar-refractivity contribution in [3.63, 3.8) is 0 Å². The summed E-state index contributed by atoms with van der Waals surface area (Å²) >= 11 is 0. The molecule has 1 atom stereocenters. The Morgan fingerprint density at radius 1 is 1.03 bits per heavy atom. The lowest BCUT2D eigenvalue weighted by atomic mass is 9.98. The van der Waals surface area contributed by atoms with Gasteiger partial charge in [0.05, 0.1) is 0 Å². The predicted octanol–water partition coefficient (Wildman–Crippen LogP) is 4.42. The molecule has 1 aliphatic carbocycles. The van der Waals surface area contributed by atoms with Crippen LogP contribution in [0.3, 0.4) is 0 Å². The Labute approximate surface area is 200 Å². The van der Waals surface area contributed by atoms with Gasteiger partial charge in [-0.3, -0.25) is 9.59 Å². The first-order valence-electron chi connectivity index (χ1n) is 11.2. The fraction of sp³-hybridized carbons (Fsp3) is 0.400. The number of alkyl halides is 3. The van der Waals surface area contributed by atoms with Crippen molar-refractivity contribution in [3.05, 3.63) is 59.7 Å². The van der Waals surface area contributed by atoms with E-state index in [2.05, 4.69) is 5.32 Å². The number of alkyl carbamates (subject to hydrolysis) is 1. The standard InChI is InChI=1S/C25H27F3N2O5/c1-30(13-7-6-12-22(31)32)23(33)21(25(26,27)28)14-29-24(34)35-15-20-18-10-4-2-8-16(18)17-9-3-5-11-19(17)20/h2-5,8-11,20-21H,6-7,12-15H2,1H3,(H,29,34)(H,31,32). The molecule has 0 bridgehead atoms. The number of aliphatic carboxylic acids is 1. The normalized spacial score (nSPS) is 13.5. The molecule has 2 amide bonds. The van der Waals surface area contributed by atoms with Gasteiger partial charge in [0.1, 0.15) is 6.61 Å². The molecule has 1 aliphatic rings. The SMILES string of the molecule is CN(CCCCC(=O)O)C(=O)C(CNC(=O)OCC1c2ccccc2-c2ccccc21)C(F)(F)F. The van der Waals surface area contributed by atoms with Gasteiger partial charge in [0.25, 0.3) is 0 Å². The lowest BCUT2D eigenvalue weighted by molar-refractivity contribution is -0.187. The maximum absolute atomic E-state index is 13.5. The number of amides is 2. The summed E-state index contributed by atoms with van der Waals surface area (Å²) < 4.78 is 45.8. The highest BCUT2D eigenvalue weighted by atomic mass is 19.4. The van der Waals surface area contributed by atoms with E-state index in [1.807, 2.05) is 48.5 Å². The summed E-state index contributed by atoms with van der Waals surface area (Å²) in [5.74, 6) is -4.90.